The molecule has 0 amide bonds. The molecule has 0 radical (unpaired) electrons. The predicted molar refractivity (Wildman–Crippen MR) is 105 cm³/mol. The van der Waals surface area contributed by atoms with Crippen molar-refractivity contribution in [1.82, 2.24) is 9.62 Å². The second-order valence-electron chi connectivity index (χ2n) is 7.59. The van der Waals surface area contributed by atoms with Crippen molar-refractivity contribution in [1.29, 1.82) is 0 Å². The number of sulfonamides is 1. The van der Waals surface area contributed by atoms with E-state index in [-0.39, 0.29) is 6.04 Å². The summed E-state index contributed by atoms with van der Waals surface area (Å²) in [7, 11) is -3.44. The van der Waals surface area contributed by atoms with Crippen LogP contribution in [0.5, 0.6) is 0 Å². The molecule has 3 rings (SSSR count). The fourth-order valence-electron chi connectivity index (χ4n) is 3.76. The van der Waals surface area contributed by atoms with Crippen LogP contribution in [0.4, 0.5) is 0 Å². The van der Waals surface area contributed by atoms with Gasteiger partial charge >= 0.3 is 0 Å². The summed E-state index contributed by atoms with van der Waals surface area (Å²) in [6.07, 6.45) is 4.15. The summed E-state index contributed by atoms with van der Waals surface area (Å²) in [5.74, 6) is 0.521. The van der Waals surface area contributed by atoms with E-state index in [0.29, 0.717) is 23.8 Å². The van der Waals surface area contributed by atoms with Crippen molar-refractivity contribution in [2.75, 3.05) is 32.8 Å². The Hall–Kier alpha value is -1.21. The molecule has 5 nitrogen and oxygen atoms in total. The van der Waals surface area contributed by atoms with Gasteiger partial charge in [-0.2, -0.15) is 0 Å². The zero-order valence-corrected chi connectivity index (χ0v) is 16.6. The molecule has 6 heteroatoms. The molecule has 0 aromatic heterocycles. The van der Waals surface area contributed by atoms with Crippen LogP contribution >= 0.6 is 0 Å². The molecule has 0 spiro atoms. The van der Waals surface area contributed by atoms with Gasteiger partial charge in [0.05, 0.1) is 18.1 Å². The van der Waals surface area contributed by atoms with E-state index >= 15 is 0 Å². The first-order valence-electron chi connectivity index (χ1n) is 9.55. The topological polar surface area (TPSA) is 58.6 Å². The quantitative estimate of drug-likeness (QED) is 0.792. The lowest BCUT2D eigenvalue weighted by Gasteiger charge is -2.35. The Morgan fingerprint density at radius 2 is 1.88 bits per heavy atom. The molecule has 1 heterocycles. The number of hydrogen-bond acceptors (Lipinski definition) is 4. The first-order valence-corrected chi connectivity index (χ1v) is 11.0. The van der Waals surface area contributed by atoms with Crippen LogP contribution in [0.25, 0.3) is 6.08 Å². The fraction of sp³-hybridized carbons (Fsp3) is 0.600. The average molecular weight is 379 g/mol. The van der Waals surface area contributed by atoms with E-state index in [2.05, 4.69) is 29.5 Å². The second-order valence-corrected chi connectivity index (χ2v) is 9.41. The average Bonchev–Trinajstić information content (AvgIpc) is 2.65. The maximum atomic E-state index is 12.8. The van der Waals surface area contributed by atoms with Gasteiger partial charge in [-0.05, 0) is 42.4 Å². The molecule has 1 saturated heterocycles. The van der Waals surface area contributed by atoms with Crippen LogP contribution in [0.1, 0.15) is 37.8 Å². The van der Waals surface area contributed by atoms with E-state index < -0.39 is 10.0 Å². The lowest BCUT2D eigenvalue weighted by atomic mass is 9.98. The number of aryl methyl sites for hydroxylation is 1. The summed E-state index contributed by atoms with van der Waals surface area (Å²) in [6.45, 7) is 8.02. The molecule has 1 atom stereocenters. The van der Waals surface area contributed by atoms with Gasteiger partial charge in [-0.15, -0.1) is 0 Å². The molecule has 144 valence electrons. The van der Waals surface area contributed by atoms with Crippen LogP contribution < -0.4 is 4.72 Å². The first-order chi connectivity index (χ1) is 12.5. The Morgan fingerprint density at radius 3 is 2.62 bits per heavy atom. The number of rotatable bonds is 7. The minimum Gasteiger partial charge on any atom is -0.379 e. The summed E-state index contributed by atoms with van der Waals surface area (Å²) in [5.41, 5.74) is 2.24. The Bertz CT molecular complexity index is 737. The van der Waals surface area contributed by atoms with Gasteiger partial charge in [0.15, 0.2) is 0 Å². The third-order valence-corrected chi connectivity index (χ3v) is 6.73. The van der Waals surface area contributed by atoms with Crippen molar-refractivity contribution in [2.24, 2.45) is 5.92 Å². The number of morpholine rings is 1. The number of benzene rings is 1. The predicted octanol–water partition coefficient (Wildman–Crippen LogP) is 2.64. The number of nitrogens with one attached hydrogen (secondary N) is 1. The lowest BCUT2D eigenvalue weighted by Crippen LogP contribution is -2.49. The second kappa shape index (κ2) is 8.65. The Kier molecular flexibility index (Phi) is 6.51. The highest BCUT2D eigenvalue weighted by atomic mass is 32.2. The first kappa shape index (κ1) is 19.5. The van der Waals surface area contributed by atoms with Crippen LogP contribution in [-0.2, 0) is 21.2 Å². The van der Waals surface area contributed by atoms with Gasteiger partial charge in [-0.25, -0.2) is 13.1 Å². The van der Waals surface area contributed by atoms with Crippen LogP contribution in [0, 0.1) is 5.92 Å². The smallest absolute Gasteiger partial charge is 0.236 e. The molecular formula is C20H30N2O3S. The van der Waals surface area contributed by atoms with Gasteiger partial charge in [-0.1, -0.05) is 38.1 Å². The SMILES string of the molecule is CC(C)CC(CNS(=O)(=O)C1=Cc2ccccc2CC1)N1CCOCC1. The molecule has 1 unspecified atom stereocenters. The number of nitrogens with zero attached hydrogens (tertiary/aromatic N) is 1. The summed E-state index contributed by atoms with van der Waals surface area (Å²) in [4.78, 5) is 2.86. The number of hydrogen-bond donors (Lipinski definition) is 1. The van der Waals surface area contributed by atoms with E-state index in [0.717, 1.165) is 44.7 Å². The molecule has 0 saturated carbocycles. The van der Waals surface area contributed by atoms with Crippen LogP contribution in [0.15, 0.2) is 29.2 Å². The van der Waals surface area contributed by atoms with Crippen molar-refractivity contribution < 1.29 is 13.2 Å². The number of fused-ring (bicyclic) bond motifs is 1. The molecule has 1 N–H and O–H groups in total. The standard InChI is InChI=1S/C20H30N2O3S/c1-16(2)13-19(22-9-11-25-12-10-22)15-21-26(23,24)20-8-7-17-5-3-4-6-18(17)14-20/h3-6,14,16,19,21H,7-13,15H2,1-2H3. The summed E-state index contributed by atoms with van der Waals surface area (Å²) < 4.78 is 34.0. The highest BCUT2D eigenvalue weighted by Crippen LogP contribution is 2.26. The molecule has 1 aliphatic carbocycles. The number of allylic oxidation sites excluding steroid dienone is 1. The zero-order chi connectivity index (χ0) is 18.6. The van der Waals surface area contributed by atoms with Crippen molar-refractivity contribution in [3.8, 4) is 0 Å². The highest BCUT2D eigenvalue weighted by Gasteiger charge is 2.26. The van der Waals surface area contributed by atoms with Gasteiger partial charge in [0.1, 0.15) is 0 Å². The molecule has 1 aliphatic heterocycles. The highest BCUT2D eigenvalue weighted by molar-refractivity contribution is 7.93. The van der Waals surface area contributed by atoms with Gasteiger partial charge in [0.25, 0.3) is 0 Å². The molecule has 2 aliphatic rings. The molecule has 1 aromatic rings. The van der Waals surface area contributed by atoms with Crippen LogP contribution in [0.3, 0.4) is 0 Å². The van der Waals surface area contributed by atoms with Crippen molar-refractivity contribution in [3.05, 3.63) is 40.3 Å². The Balaban J connectivity index is 1.69. The van der Waals surface area contributed by atoms with E-state index in [9.17, 15) is 8.42 Å². The largest absolute Gasteiger partial charge is 0.379 e. The molecule has 1 aromatic carbocycles. The Morgan fingerprint density at radius 1 is 1.15 bits per heavy atom. The maximum absolute atomic E-state index is 12.8. The van der Waals surface area contributed by atoms with Crippen molar-refractivity contribution >= 4 is 16.1 Å². The summed E-state index contributed by atoms with van der Waals surface area (Å²) in [5, 5.41) is 0. The minimum atomic E-state index is -3.44. The van der Waals surface area contributed by atoms with Gasteiger partial charge in [0.2, 0.25) is 10.0 Å². The van der Waals surface area contributed by atoms with Crippen LogP contribution in [0.2, 0.25) is 0 Å². The monoisotopic (exact) mass is 378 g/mol. The third kappa shape index (κ3) is 4.94. The minimum absolute atomic E-state index is 0.213. The van der Waals surface area contributed by atoms with E-state index in [4.69, 9.17) is 4.74 Å². The molecular weight excluding hydrogens is 348 g/mol. The van der Waals surface area contributed by atoms with Gasteiger partial charge < -0.3 is 4.74 Å². The zero-order valence-electron chi connectivity index (χ0n) is 15.8. The molecule has 26 heavy (non-hydrogen) atoms. The fourth-order valence-corrected chi connectivity index (χ4v) is 5.02. The Labute approximate surface area is 157 Å². The normalized spacial score (nSPS) is 19.9. The van der Waals surface area contributed by atoms with Gasteiger partial charge in [0, 0.05) is 25.7 Å². The maximum Gasteiger partial charge on any atom is 0.236 e. The lowest BCUT2D eigenvalue weighted by molar-refractivity contribution is 0.0135. The van der Waals surface area contributed by atoms with Crippen molar-refractivity contribution in [2.45, 2.75) is 39.2 Å². The molecule has 1 fully saturated rings. The van der Waals surface area contributed by atoms with Crippen molar-refractivity contribution in [3.63, 3.8) is 0 Å². The number of ether oxygens (including phenoxy) is 1. The summed E-state index contributed by atoms with van der Waals surface area (Å²) >= 11 is 0. The van der Waals surface area contributed by atoms with Gasteiger partial charge in [-0.3, -0.25) is 4.90 Å². The summed E-state index contributed by atoms with van der Waals surface area (Å²) in [6, 6.07) is 8.22. The third-order valence-electron chi connectivity index (χ3n) is 5.17. The van der Waals surface area contributed by atoms with E-state index in [1.165, 1.54) is 5.56 Å². The van der Waals surface area contributed by atoms with Crippen LogP contribution in [-0.4, -0.2) is 52.2 Å². The molecule has 0 bridgehead atoms. The van der Waals surface area contributed by atoms with E-state index in [1.807, 2.05) is 24.3 Å². The van der Waals surface area contributed by atoms with E-state index in [1.54, 1.807) is 0 Å².